The lowest BCUT2D eigenvalue weighted by molar-refractivity contribution is 0.235. The van der Waals surface area contributed by atoms with E-state index in [0.717, 1.165) is 25.3 Å². The Kier molecular flexibility index (Phi) is 12.0. The number of rotatable bonds is 15. The van der Waals surface area contributed by atoms with Gasteiger partial charge in [-0.3, -0.25) is 4.18 Å². The van der Waals surface area contributed by atoms with E-state index in [2.05, 4.69) is 6.92 Å². The Morgan fingerprint density at radius 2 is 1.51 bits per heavy atom. The van der Waals surface area contributed by atoms with Crippen molar-refractivity contribution in [1.82, 2.24) is 0 Å². The summed E-state index contributed by atoms with van der Waals surface area (Å²) in [4.78, 5) is -1.14. The molecule has 1 aliphatic carbocycles. The summed E-state index contributed by atoms with van der Waals surface area (Å²) in [6, 6.07) is 7.81. The molecule has 2 unspecified atom stereocenters. The molecule has 0 radical (unpaired) electrons. The Hall–Kier alpha value is -1.95. The third-order valence-corrected chi connectivity index (χ3v) is 11.7. The summed E-state index contributed by atoms with van der Waals surface area (Å²) in [5, 5.41) is 0. The molecule has 11 heteroatoms. The average Bonchev–Trinajstić information content (AvgIpc) is 2.92. The summed E-state index contributed by atoms with van der Waals surface area (Å²) < 4.78 is 92.8. The summed E-state index contributed by atoms with van der Waals surface area (Å²) >= 11 is 0. The van der Waals surface area contributed by atoms with Crippen molar-refractivity contribution in [2.24, 2.45) is 22.7 Å². The number of para-hydroxylation sites is 1. The van der Waals surface area contributed by atoms with E-state index in [1.165, 1.54) is 12.1 Å². The summed E-state index contributed by atoms with van der Waals surface area (Å²) in [5.41, 5.74) is -1.89. The lowest BCUT2D eigenvalue weighted by Gasteiger charge is -2.41. The SMILES string of the molecule is CCCCC(CC)COS(=O)(=O)C1=C(C(C)(C)CC)C(S(=O)(=O)Oc2ccccc2)=CC(=S(=O)=O)C1C(C)(C)CC. The normalized spacial score (nSPS) is 17.8. The van der Waals surface area contributed by atoms with E-state index < -0.39 is 52.2 Å². The number of allylic oxidation sites excluding steroid dienone is 3. The minimum Gasteiger partial charge on any atom is -0.379 e. The van der Waals surface area contributed by atoms with Crippen molar-refractivity contribution in [1.29, 1.82) is 0 Å². The molecule has 2 atom stereocenters. The predicted molar refractivity (Wildman–Crippen MR) is 165 cm³/mol. The van der Waals surface area contributed by atoms with Crippen LogP contribution in [0, 0.1) is 22.7 Å². The first-order valence-electron chi connectivity index (χ1n) is 14.3. The molecule has 0 N–H and O–H groups in total. The number of hydrogen-bond donors (Lipinski definition) is 0. The van der Waals surface area contributed by atoms with E-state index in [9.17, 15) is 25.3 Å². The van der Waals surface area contributed by atoms with Crippen LogP contribution >= 0.6 is 0 Å². The van der Waals surface area contributed by atoms with Crippen molar-refractivity contribution >= 4 is 35.4 Å². The Balaban J connectivity index is 2.99. The third kappa shape index (κ3) is 8.33. The first kappa shape index (κ1) is 35.2. The molecule has 0 bridgehead atoms. The predicted octanol–water partition coefficient (Wildman–Crippen LogP) is 6.65. The van der Waals surface area contributed by atoms with E-state index >= 15 is 0 Å². The number of hydrogen-bond acceptors (Lipinski definition) is 8. The smallest absolute Gasteiger partial charge is 0.339 e. The van der Waals surface area contributed by atoms with Crippen molar-refractivity contribution < 1.29 is 33.6 Å². The third-order valence-electron chi connectivity index (χ3n) is 8.25. The van der Waals surface area contributed by atoms with E-state index in [0.29, 0.717) is 19.3 Å². The van der Waals surface area contributed by atoms with Gasteiger partial charge in [0.15, 0.2) is 0 Å². The summed E-state index contributed by atoms with van der Waals surface area (Å²) in [7, 11) is -12.2. The molecule has 0 spiro atoms. The largest absolute Gasteiger partial charge is 0.379 e. The molecule has 1 aromatic carbocycles. The van der Waals surface area contributed by atoms with Crippen molar-refractivity contribution in [2.75, 3.05) is 6.61 Å². The lowest BCUT2D eigenvalue weighted by Crippen LogP contribution is -2.41. The van der Waals surface area contributed by atoms with E-state index in [1.807, 2.05) is 20.8 Å². The second-order valence-corrected chi connectivity index (χ2v) is 15.9. The molecule has 0 heterocycles. The van der Waals surface area contributed by atoms with Gasteiger partial charge >= 0.3 is 10.1 Å². The minimum atomic E-state index is -4.67. The maximum Gasteiger partial charge on any atom is 0.339 e. The maximum atomic E-state index is 14.3. The Morgan fingerprint density at radius 3 is 2.00 bits per heavy atom. The van der Waals surface area contributed by atoms with Gasteiger partial charge in [0, 0.05) is 5.92 Å². The highest BCUT2D eigenvalue weighted by Gasteiger charge is 2.50. The van der Waals surface area contributed by atoms with E-state index in [1.54, 1.807) is 45.9 Å². The van der Waals surface area contributed by atoms with E-state index in [-0.39, 0.29) is 33.6 Å². The molecule has 0 amide bonds. The topological polar surface area (TPSA) is 121 Å². The van der Waals surface area contributed by atoms with Crippen LogP contribution in [0.3, 0.4) is 0 Å². The Labute approximate surface area is 249 Å². The highest BCUT2D eigenvalue weighted by molar-refractivity contribution is 7.92. The molecule has 1 aromatic rings. The van der Waals surface area contributed by atoms with Gasteiger partial charge in [-0.15, -0.1) is 0 Å². The van der Waals surface area contributed by atoms with Crippen LogP contribution in [0.1, 0.15) is 93.9 Å². The zero-order valence-electron chi connectivity index (χ0n) is 25.6. The zero-order chi connectivity index (χ0) is 31.2. The molecule has 232 valence electrons. The molecule has 0 aliphatic heterocycles. The maximum absolute atomic E-state index is 14.3. The van der Waals surface area contributed by atoms with Gasteiger partial charge < -0.3 is 4.18 Å². The molecule has 0 saturated carbocycles. The van der Waals surface area contributed by atoms with Gasteiger partial charge in [0.25, 0.3) is 10.1 Å². The van der Waals surface area contributed by atoms with Gasteiger partial charge in [-0.25, -0.2) is 0 Å². The molecule has 0 fully saturated rings. The van der Waals surface area contributed by atoms with Crippen LogP contribution < -0.4 is 4.18 Å². The van der Waals surface area contributed by atoms with Gasteiger partial charge in [-0.05, 0) is 53.4 Å². The Bertz CT molecular complexity index is 1470. The molecule has 2 rings (SSSR count). The Morgan fingerprint density at radius 1 is 0.902 bits per heavy atom. The molecule has 1 aliphatic rings. The van der Waals surface area contributed by atoms with Crippen molar-refractivity contribution in [2.45, 2.75) is 93.9 Å². The second kappa shape index (κ2) is 14.0. The molecule has 8 nitrogen and oxygen atoms in total. The molecule has 0 aromatic heterocycles. The molecule has 0 saturated heterocycles. The van der Waals surface area contributed by atoms with Crippen LogP contribution in [-0.2, 0) is 34.7 Å². The zero-order valence-corrected chi connectivity index (χ0v) is 28.0. The quantitative estimate of drug-likeness (QED) is 0.156. The summed E-state index contributed by atoms with van der Waals surface area (Å²) in [5.74, 6) is -1.17. The van der Waals surface area contributed by atoms with Crippen LogP contribution in [0.4, 0.5) is 0 Å². The first-order valence-corrected chi connectivity index (χ1v) is 18.2. The average molecular weight is 631 g/mol. The second-order valence-electron chi connectivity index (χ2n) is 11.9. The van der Waals surface area contributed by atoms with Crippen LogP contribution in [0.2, 0.25) is 0 Å². The summed E-state index contributed by atoms with van der Waals surface area (Å²) in [6.45, 7) is 14.6. The molecular formula is C30H46O8S3. The van der Waals surface area contributed by atoms with Gasteiger partial charge in [0.05, 0.1) is 16.4 Å². The van der Waals surface area contributed by atoms with Crippen molar-refractivity contribution in [3.63, 3.8) is 0 Å². The number of benzene rings is 1. The molecular weight excluding hydrogens is 585 g/mol. The van der Waals surface area contributed by atoms with Crippen LogP contribution in [-0.4, -0.2) is 36.7 Å². The highest BCUT2D eigenvalue weighted by atomic mass is 32.2. The van der Waals surface area contributed by atoms with Crippen molar-refractivity contribution in [3.8, 4) is 5.75 Å². The fraction of sp³-hybridized carbons (Fsp3) is 0.633. The van der Waals surface area contributed by atoms with Gasteiger partial charge in [0.1, 0.15) is 10.7 Å². The van der Waals surface area contributed by atoms with Crippen LogP contribution in [0.25, 0.3) is 0 Å². The lowest BCUT2D eigenvalue weighted by atomic mass is 9.69. The van der Waals surface area contributed by atoms with Crippen molar-refractivity contribution in [3.05, 3.63) is 51.8 Å². The monoisotopic (exact) mass is 630 g/mol. The number of unbranched alkanes of at least 4 members (excludes halogenated alkanes) is 1. The summed E-state index contributed by atoms with van der Waals surface area (Å²) in [6.07, 6.45) is 5.22. The highest BCUT2D eigenvalue weighted by Crippen LogP contribution is 2.51. The first-order chi connectivity index (χ1) is 19.0. The van der Waals surface area contributed by atoms with Gasteiger partial charge in [-0.1, -0.05) is 99.3 Å². The fourth-order valence-electron chi connectivity index (χ4n) is 4.87. The van der Waals surface area contributed by atoms with Crippen LogP contribution in [0.15, 0.2) is 51.8 Å². The van der Waals surface area contributed by atoms with Crippen LogP contribution in [0.5, 0.6) is 5.75 Å². The van der Waals surface area contributed by atoms with E-state index in [4.69, 9.17) is 8.37 Å². The van der Waals surface area contributed by atoms with Gasteiger partial charge in [0.2, 0.25) is 10.3 Å². The fourth-order valence-corrected chi connectivity index (χ4v) is 9.16. The standard InChI is InChI=1S/C30H46O8S3/c1-9-13-17-22(10-2)21-37-41(35,36)28-26(29(5,6)11-3)24(39(31)32)20-25(27(28)30(7,8)12-4)40(33,34)38-23-18-15-14-16-19-23/h14-16,18-20,22,26H,9-13,17,21H2,1-8H3. The molecule has 41 heavy (non-hydrogen) atoms. The van der Waals surface area contributed by atoms with Gasteiger partial charge in [-0.2, -0.15) is 25.3 Å². The minimum absolute atomic E-state index is 0.00161.